The van der Waals surface area contributed by atoms with Crippen LogP contribution in [0, 0.1) is 19.7 Å². The number of carbonyl (C=O) groups excluding carboxylic acids is 1. The molecule has 27 heavy (non-hydrogen) atoms. The zero-order chi connectivity index (χ0) is 19.2. The Hall–Kier alpha value is -3.22. The minimum atomic E-state index is -0.331. The van der Waals surface area contributed by atoms with Gasteiger partial charge >= 0.3 is 0 Å². The highest BCUT2D eigenvalue weighted by atomic mass is 19.1. The van der Waals surface area contributed by atoms with Gasteiger partial charge in [-0.05, 0) is 62.2 Å². The summed E-state index contributed by atoms with van der Waals surface area (Å²) in [7, 11) is 0. The van der Waals surface area contributed by atoms with Gasteiger partial charge in [-0.25, -0.2) is 9.07 Å². The van der Waals surface area contributed by atoms with Crippen LogP contribution in [-0.2, 0) is 0 Å². The summed E-state index contributed by atoms with van der Waals surface area (Å²) in [5.74, 6) is 0.193. The first-order valence-electron chi connectivity index (χ1n) is 8.70. The SMILES string of the molecule is Cc1cccc(OCCCNC(=O)c2nnn(-c3ccc(F)cc3)c2C)c1. The Morgan fingerprint density at radius 2 is 1.96 bits per heavy atom. The second-order valence-electron chi connectivity index (χ2n) is 6.19. The summed E-state index contributed by atoms with van der Waals surface area (Å²) in [6.07, 6.45) is 0.671. The summed E-state index contributed by atoms with van der Waals surface area (Å²) in [6, 6.07) is 13.7. The first-order valence-corrected chi connectivity index (χ1v) is 8.70. The minimum absolute atomic E-state index is 0.249. The molecular weight excluding hydrogens is 347 g/mol. The van der Waals surface area contributed by atoms with Crippen LogP contribution < -0.4 is 10.1 Å². The Balaban J connectivity index is 1.50. The van der Waals surface area contributed by atoms with Crippen molar-refractivity contribution in [2.45, 2.75) is 20.3 Å². The fraction of sp³-hybridized carbons (Fsp3) is 0.250. The first-order chi connectivity index (χ1) is 13.0. The third-order valence-electron chi connectivity index (χ3n) is 4.05. The van der Waals surface area contributed by atoms with E-state index in [0.717, 1.165) is 11.3 Å². The Morgan fingerprint density at radius 1 is 1.19 bits per heavy atom. The summed E-state index contributed by atoms with van der Waals surface area (Å²) < 4.78 is 20.2. The maximum Gasteiger partial charge on any atom is 0.273 e. The minimum Gasteiger partial charge on any atom is -0.494 e. The van der Waals surface area contributed by atoms with Crippen molar-refractivity contribution in [3.8, 4) is 11.4 Å². The quantitative estimate of drug-likeness (QED) is 0.650. The van der Waals surface area contributed by atoms with Gasteiger partial charge in [0, 0.05) is 6.54 Å². The molecule has 3 aromatic rings. The van der Waals surface area contributed by atoms with Gasteiger partial charge in [-0.2, -0.15) is 0 Å². The smallest absolute Gasteiger partial charge is 0.273 e. The van der Waals surface area contributed by atoms with Crippen LogP contribution in [0.15, 0.2) is 48.5 Å². The lowest BCUT2D eigenvalue weighted by atomic mass is 10.2. The van der Waals surface area contributed by atoms with Crippen molar-refractivity contribution in [1.82, 2.24) is 20.3 Å². The number of carbonyl (C=O) groups is 1. The van der Waals surface area contributed by atoms with Crippen LogP contribution in [0.25, 0.3) is 5.69 Å². The summed E-state index contributed by atoms with van der Waals surface area (Å²) in [6.45, 7) is 4.73. The average molecular weight is 368 g/mol. The monoisotopic (exact) mass is 368 g/mol. The van der Waals surface area contributed by atoms with E-state index in [-0.39, 0.29) is 17.4 Å². The van der Waals surface area contributed by atoms with Gasteiger partial charge in [0.25, 0.3) is 5.91 Å². The van der Waals surface area contributed by atoms with E-state index in [4.69, 9.17) is 4.74 Å². The van der Waals surface area contributed by atoms with Gasteiger partial charge < -0.3 is 10.1 Å². The third kappa shape index (κ3) is 4.69. The van der Waals surface area contributed by atoms with E-state index in [1.165, 1.54) is 16.8 Å². The highest BCUT2D eigenvalue weighted by Crippen LogP contribution is 2.13. The number of nitrogens with zero attached hydrogens (tertiary/aromatic N) is 3. The van der Waals surface area contributed by atoms with E-state index >= 15 is 0 Å². The number of aromatic nitrogens is 3. The van der Waals surface area contributed by atoms with Crippen molar-refractivity contribution in [3.63, 3.8) is 0 Å². The van der Waals surface area contributed by atoms with E-state index < -0.39 is 0 Å². The second-order valence-corrected chi connectivity index (χ2v) is 6.19. The van der Waals surface area contributed by atoms with Crippen LogP contribution in [0.3, 0.4) is 0 Å². The van der Waals surface area contributed by atoms with Crippen LogP contribution in [0.1, 0.15) is 28.2 Å². The number of hydrogen-bond acceptors (Lipinski definition) is 4. The molecule has 3 rings (SSSR count). The van der Waals surface area contributed by atoms with Crippen LogP contribution in [-0.4, -0.2) is 34.1 Å². The van der Waals surface area contributed by atoms with Crippen molar-refractivity contribution >= 4 is 5.91 Å². The Morgan fingerprint density at radius 3 is 2.70 bits per heavy atom. The Labute approximate surface area is 157 Å². The number of halogens is 1. The highest BCUT2D eigenvalue weighted by molar-refractivity contribution is 5.93. The van der Waals surface area contributed by atoms with Gasteiger partial charge in [-0.1, -0.05) is 17.3 Å². The van der Waals surface area contributed by atoms with E-state index in [1.54, 1.807) is 19.1 Å². The van der Waals surface area contributed by atoms with Gasteiger partial charge in [-0.3, -0.25) is 4.79 Å². The molecule has 0 aliphatic heterocycles. The maximum atomic E-state index is 13.0. The van der Waals surface area contributed by atoms with Crippen LogP contribution in [0.2, 0.25) is 0 Å². The molecule has 1 N–H and O–H groups in total. The van der Waals surface area contributed by atoms with E-state index in [2.05, 4.69) is 15.6 Å². The number of ether oxygens (including phenoxy) is 1. The highest BCUT2D eigenvalue weighted by Gasteiger charge is 2.16. The standard InChI is InChI=1S/C20H21FN4O2/c1-14-5-3-6-18(13-14)27-12-4-11-22-20(26)19-15(2)25(24-23-19)17-9-7-16(21)8-10-17/h3,5-10,13H,4,11-12H2,1-2H3,(H,22,26). The largest absolute Gasteiger partial charge is 0.494 e. The molecule has 0 aliphatic carbocycles. The molecule has 0 fully saturated rings. The van der Waals surface area contributed by atoms with Gasteiger partial charge in [-0.15, -0.1) is 5.10 Å². The number of hydrogen-bond donors (Lipinski definition) is 1. The number of amides is 1. The van der Waals surface area contributed by atoms with Gasteiger partial charge in [0.2, 0.25) is 0 Å². The van der Waals surface area contributed by atoms with E-state index in [9.17, 15) is 9.18 Å². The molecule has 0 unspecified atom stereocenters. The van der Waals surface area contributed by atoms with Crippen molar-refractivity contribution in [2.24, 2.45) is 0 Å². The van der Waals surface area contributed by atoms with E-state index in [0.29, 0.717) is 31.0 Å². The molecular formula is C20H21FN4O2. The number of benzene rings is 2. The van der Waals surface area contributed by atoms with Crippen molar-refractivity contribution in [1.29, 1.82) is 0 Å². The van der Waals surface area contributed by atoms with Gasteiger partial charge in [0.05, 0.1) is 18.0 Å². The fourth-order valence-corrected chi connectivity index (χ4v) is 2.62. The lowest BCUT2D eigenvalue weighted by Gasteiger charge is -2.08. The van der Waals surface area contributed by atoms with Crippen LogP contribution in [0.4, 0.5) is 4.39 Å². The number of aryl methyl sites for hydroxylation is 1. The molecule has 1 amide bonds. The topological polar surface area (TPSA) is 69.0 Å². The molecule has 7 heteroatoms. The first kappa shape index (κ1) is 18.6. The van der Waals surface area contributed by atoms with Gasteiger partial charge in [0.15, 0.2) is 5.69 Å². The Bertz CT molecular complexity index is 922. The normalized spacial score (nSPS) is 10.6. The second kappa shape index (κ2) is 8.44. The van der Waals surface area contributed by atoms with Crippen LogP contribution >= 0.6 is 0 Å². The molecule has 0 atom stereocenters. The predicted molar refractivity (Wildman–Crippen MR) is 99.7 cm³/mol. The lowest BCUT2D eigenvalue weighted by Crippen LogP contribution is -2.26. The molecule has 0 radical (unpaired) electrons. The molecule has 1 heterocycles. The fourth-order valence-electron chi connectivity index (χ4n) is 2.62. The van der Waals surface area contributed by atoms with Gasteiger partial charge in [0.1, 0.15) is 11.6 Å². The van der Waals surface area contributed by atoms with E-state index in [1.807, 2.05) is 31.2 Å². The number of rotatable bonds is 7. The lowest BCUT2D eigenvalue weighted by molar-refractivity contribution is 0.0946. The molecule has 1 aromatic heterocycles. The average Bonchev–Trinajstić information content (AvgIpc) is 3.03. The van der Waals surface area contributed by atoms with Crippen LogP contribution in [0.5, 0.6) is 5.75 Å². The molecule has 140 valence electrons. The Kier molecular flexibility index (Phi) is 5.80. The molecule has 0 saturated heterocycles. The zero-order valence-electron chi connectivity index (χ0n) is 15.3. The third-order valence-corrected chi connectivity index (χ3v) is 4.05. The molecule has 0 saturated carbocycles. The summed E-state index contributed by atoms with van der Waals surface area (Å²) in [4.78, 5) is 12.3. The van der Waals surface area contributed by atoms with Crippen molar-refractivity contribution in [3.05, 3.63) is 71.3 Å². The zero-order valence-corrected chi connectivity index (χ0v) is 15.3. The molecule has 2 aromatic carbocycles. The molecule has 0 bridgehead atoms. The molecule has 0 aliphatic rings. The van der Waals surface area contributed by atoms with Crippen molar-refractivity contribution < 1.29 is 13.9 Å². The summed E-state index contributed by atoms with van der Waals surface area (Å²) in [5, 5.41) is 10.8. The summed E-state index contributed by atoms with van der Waals surface area (Å²) in [5.41, 5.74) is 2.63. The molecule has 6 nitrogen and oxygen atoms in total. The maximum absolute atomic E-state index is 13.0. The van der Waals surface area contributed by atoms with Crippen molar-refractivity contribution in [2.75, 3.05) is 13.2 Å². The summed E-state index contributed by atoms with van der Waals surface area (Å²) >= 11 is 0. The predicted octanol–water partition coefficient (Wildman–Crippen LogP) is 3.22. The number of nitrogens with one attached hydrogen (secondary N) is 1. The molecule has 0 spiro atoms.